The van der Waals surface area contributed by atoms with Crippen molar-refractivity contribution < 1.29 is 9.72 Å². The quantitative estimate of drug-likeness (QED) is 0.410. The molecule has 2 aliphatic heterocycles. The second-order valence-corrected chi connectivity index (χ2v) is 8.83. The highest BCUT2D eigenvalue weighted by Gasteiger charge is 2.38. The highest BCUT2D eigenvalue weighted by atomic mass is 16.6. The molecule has 0 saturated carbocycles. The predicted molar refractivity (Wildman–Crippen MR) is 120 cm³/mol. The van der Waals surface area contributed by atoms with Crippen molar-refractivity contribution in [2.75, 3.05) is 18.4 Å². The Kier molecular flexibility index (Phi) is 5.22. The number of non-ortho nitro benzene ring substituents is 1. The van der Waals surface area contributed by atoms with Crippen molar-refractivity contribution in [1.29, 1.82) is 0 Å². The van der Waals surface area contributed by atoms with Gasteiger partial charge in [-0.2, -0.15) is 0 Å². The molecule has 1 aliphatic carbocycles. The molecule has 5 rings (SSSR count). The van der Waals surface area contributed by atoms with E-state index in [0.29, 0.717) is 5.92 Å². The van der Waals surface area contributed by atoms with Crippen molar-refractivity contribution in [3.63, 3.8) is 0 Å². The first-order valence-corrected chi connectivity index (χ1v) is 11.2. The van der Waals surface area contributed by atoms with Gasteiger partial charge in [-0.05, 0) is 54.5 Å². The van der Waals surface area contributed by atoms with E-state index in [0.717, 1.165) is 49.2 Å². The first-order valence-electron chi connectivity index (χ1n) is 11.2. The lowest BCUT2D eigenvalue weighted by Gasteiger charge is -2.37. The van der Waals surface area contributed by atoms with Crippen molar-refractivity contribution >= 4 is 17.3 Å². The van der Waals surface area contributed by atoms with E-state index in [1.807, 2.05) is 29.2 Å². The summed E-state index contributed by atoms with van der Waals surface area (Å²) in [7, 11) is 0. The number of rotatable bonds is 3. The van der Waals surface area contributed by atoms with E-state index >= 15 is 0 Å². The van der Waals surface area contributed by atoms with Gasteiger partial charge in [-0.3, -0.25) is 14.9 Å². The summed E-state index contributed by atoms with van der Waals surface area (Å²) in [5, 5.41) is 14.7. The number of allylic oxidation sites excluding steroid dienone is 2. The SMILES string of the molecule is O=C(c1ccc2c(c1)[C@H]1C=CC[C@@H]1[C@H](c1ccc([N+](=O)[O-])cc1)N2)N1CCCCCC1. The Labute approximate surface area is 182 Å². The van der Waals surface area contributed by atoms with Gasteiger partial charge < -0.3 is 10.2 Å². The Bertz CT molecular complexity index is 1020. The molecular formula is C25H27N3O3. The number of fused-ring (bicyclic) bond motifs is 3. The van der Waals surface area contributed by atoms with Gasteiger partial charge in [0.1, 0.15) is 0 Å². The van der Waals surface area contributed by atoms with Crippen LogP contribution < -0.4 is 5.32 Å². The van der Waals surface area contributed by atoms with E-state index in [9.17, 15) is 14.9 Å². The fourth-order valence-electron chi connectivity index (χ4n) is 5.32. The average Bonchev–Trinajstić information content (AvgIpc) is 3.13. The molecule has 0 spiro atoms. The van der Waals surface area contributed by atoms with Crippen LogP contribution >= 0.6 is 0 Å². The molecule has 2 aromatic rings. The molecule has 3 atom stereocenters. The van der Waals surface area contributed by atoms with Crippen molar-refractivity contribution in [2.24, 2.45) is 5.92 Å². The van der Waals surface area contributed by atoms with Gasteiger partial charge in [-0.15, -0.1) is 0 Å². The molecule has 160 valence electrons. The Morgan fingerprint density at radius 2 is 1.77 bits per heavy atom. The molecule has 2 aromatic carbocycles. The van der Waals surface area contributed by atoms with Crippen LogP contribution in [0.1, 0.15) is 65.5 Å². The van der Waals surface area contributed by atoms with Crippen LogP contribution in [0.25, 0.3) is 0 Å². The maximum atomic E-state index is 13.1. The topological polar surface area (TPSA) is 75.5 Å². The lowest BCUT2D eigenvalue weighted by Crippen LogP contribution is -2.33. The van der Waals surface area contributed by atoms with E-state index in [4.69, 9.17) is 0 Å². The normalized spacial score (nSPS) is 24.6. The highest BCUT2D eigenvalue weighted by Crippen LogP contribution is 2.50. The Morgan fingerprint density at radius 1 is 1.03 bits per heavy atom. The molecule has 2 heterocycles. The summed E-state index contributed by atoms with van der Waals surface area (Å²) < 4.78 is 0. The number of benzene rings is 2. The Balaban J connectivity index is 1.43. The van der Waals surface area contributed by atoms with Crippen LogP contribution in [-0.2, 0) is 0 Å². The number of carbonyl (C=O) groups excluding carboxylic acids is 1. The van der Waals surface area contributed by atoms with E-state index in [1.54, 1.807) is 12.1 Å². The summed E-state index contributed by atoms with van der Waals surface area (Å²) in [5.41, 5.74) is 4.16. The third-order valence-electron chi connectivity index (χ3n) is 6.97. The molecule has 6 nitrogen and oxygen atoms in total. The number of amides is 1. The number of nitrogens with zero attached hydrogens (tertiary/aromatic N) is 2. The number of carbonyl (C=O) groups is 1. The summed E-state index contributed by atoms with van der Waals surface area (Å²) in [4.78, 5) is 25.8. The first kappa shape index (κ1) is 19.8. The van der Waals surface area contributed by atoms with Crippen LogP contribution in [0.3, 0.4) is 0 Å². The zero-order valence-electron chi connectivity index (χ0n) is 17.5. The molecule has 31 heavy (non-hydrogen) atoms. The molecule has 3 aliphatic rings. The number of hydrogen-bond donors (Lipinski definition) is 1. The minimum atomic E-state index is -0.365. The summed E-state index contributed by atoms with van der Waals surface area (Å²) in [6.45, 7) is 1.70. The molecule has 1 fully saturated rings. The maximum absolute atomic E-state index is 13.1. The summed E-state index contributed by atoms with van der Waals surface area (Å²) in [6.07, 6.45) is 10.00. The van der Waals surface area contributed by atoms with Gasteiger partial charge in [-0.25, -0.2) is 0 Å². The van der Waals surface area contributed by atoms with Crippen LogP contribution in [0.15, 0.2) is 54.6 Å². The van der Waals surface area contributed by atoms with Crippen LogP contribution in [-0.4, -0.2) is 28.8 Å². The molecular weight excluding hydrogens is 390 g/mol. The number of nitro groups is 1. The van der Waals surface area contributed by atoms with Gasteiger partial charge in [-0.1, -0.05) is 37.1 Å². The first-order chi connectivity index (χ1) is 15.1. The average molecular weight is 418 g/mol. The van der Waals surface area contributed by atoms with E-state index in [1.165, 1.54) is 18.4 Å². The third kappa shape index (κ3) is 3.71. The summed E-state index contributed by atoms with van der Waals surface area (Å²) in [6, 6.07) is 13.0. The van der Waals surface area contributed by atoms with Crippen LogP contribution in [0, 0.1) is 16.0 Å². The zero-order chi connectivity index (χ0) is 21.4. The summed E-state index contributed by atoms with van der Waals surface area (Å²) in [5.74, 6) is 0.714. The number of nitrogens with one attached hydrogen (secondary N) is 1. The van der Waals surface area contributed by atoms with E-state index in [-0.39, 0.29) is 28.5 Å². The smallest absolute Gasteiger partial charge is 0.269 e. The minimum Gasteiger partial charge on any atom is -0.378 e. The maximum Gasteiger partial charge on any atom is 0.269 e. The molecule has 1 N–H and O–H groups in total. The number of nitro benzene ring substituents is 1. The number of likely N-dealkylation sites (tertiary alicyclic amines) is 1. The molecule has 0 bridgehead atoms. The van der Waals surface area contributed by atoms with Crippen LogP contribution in [0.4, 0.5) is 11.4 Å². The third-order valence-corrected chi connectivity index (χ3v) is 6.97. The highest BCUT2D eigenvalue weighted by molar-refractivity contribution is 5.95. The lowest BCUT2D eigenvalue weighted by atomic mass is 9.76. The second-order valence-electron chi connectivity index (χ2n) is 8.83. The van der Waals surface area contributed by atoms with Gasteiger partial charge in [0.15, 0.2) is 0 Å². The Morgan fingerprint density at radius 3 is 2.48 bits per heavy atom. The van der Waals surface area contributed by atoms with Crippen LogP contribution in [0.5, 0.6) is 0 Å². The minimum absolute atomic E-state index is 0.0838. The monoisotopic (exact) mass is 417 g/mol. The van der Waals surface area contributed by atoms with Gasteiger partial charge >= 0.3 is 0 Å². The van der Waals surface area contributed by atoms with Gasteiger partial charge in [0.05, 0.1) is 11.0 Å². The van der Waals surface area contributed by atoms with Gasteiger partial charge in [0.2, 0.25) is 0 Å². The number of hydrogen-bond acceptors (Lipinski definition) is 4. The molecule has 0 unspecified atom stereocenters. The Hall–Kier alpha value is -3.15. The largest absolute Gasteiger partial charge is 0.378 e. The molecule has 0 aromatic heterocycles. The zero-order valence-corrected chi connectivity index (χ0v) is 17.5. The molecule has 1 saturated heterocycles. The van der Waals surface area contributed by atoms with Gasteiger partial charge in [0.25, 0.3) is 11.6 Å². The summed E-state index contributed by atoms with van der Waals surface area (Å²) >= 11 is 0. The van der Waals surface area contributed by atoms with Crippen molar-refractivity contribution in [1.82, 2.24) is 4.90 Å². The van der Waals surface area contributed by atoms with E-state index < -0.39 is 0 Å². The standard InChI is InChI=1S/C25H27N3O3/c29-25(27-14-3-1-2-4-15-27)18-10-13-23-22(16-18)20-6-5-7-21(20)24(26-23)17-8-11-19(12-9-17)28(30)31/h5-6,8-13,16,20-21,24,26H,1-4,7,14-15H2/t20-,21-,24-/m0/s1. The van der Waals surface area contributed by atoms with Crippen molar-refractivity contribution in [3.8, 4) is 0 Å². The second kappa shape index (κ2) is 8.17. The van der Waals surface area contributed by atoms with E-state index in [2.05, 4.69) is 23.5 Å². The molecule has 0 radical (unpaired) electrons. The molecule has 1 amide bonds. The fraction of sp³-hybridized carbons (Fsp3) is 0.400. The lowest BCUT2D eigenvalue weighted by molar-refractivity contribution is -0.384. The molecule has 6 heteroatoms. The fourth-order valence-corrected chi connectivity index (χ4v) is 5.32. The van der Waals surface area contributed by atoms with Crippen LogP contribution in [0.2, 0.25) is 0 Å². The predicted octanol–water partition coefficient (Wildman–Crippen LogP) is 5.44. The van der Waals surface area contributed by atoms with Crippen molar-refractivity contribution in [3.05, 3.63) is 81.4 Å². The van der Waals surface area contributed by atoms with Crippen molar-refractivity contribution in [2.45, 2.75) is 44.1 Å². The van der Waals surface area contributed by atoms with Gasteiger partial charge in [0, 0.05) is 42.4 Å². The number of anilines is 1.